The minimum Gasteiger partial charge on any atom is -0.337 e. The largest absolute Gasteiger partial charge is 0.337 e. The van der Waals surface area contributed by atoms with Gasteiger partial charge in [0, 0.05) is 32.3 Å². The van der Waals surface area contributed by atoms with Crippen molar-refractivity contribution < 1.29 is 13.2 Å². The normalized spacial score (nSPS) is 15.5. The van der Waals surface area contributed by atoms with Crippen LogP contribution in [0, 0.1) is 0 Å². The van der Waals surface area contributed by atoms with Crippen molar-refractivity contribution in [2.45, 2.75) is 4.90 Å². The maximum atomic E-state index is 13.1. The summed E-state index contributed by atoms with van der Waals surface area (Å²) in [5.74, 6) is -0.173. The van der Waals surface area contributed by atoms with E-state index >= 15 is 0 Å². The molecule has 0 aliphatic carbocycles. The topological polar surface area (TPSA) is 83.5 Å². The second-order valence-electron chi connectivity index (χ2n) is 7.86. The second kappa shape index (κ2) is 8.73. The molecule has 8 heteroatoms. The van der Waals surface area contributed by atoms with Gasteiger partial charge in [0.15, 0.2) is 0 Å². The van der Waals surface area contributed by atoms with Gasteiger partial charge in [0.1, 0.15) is 0 Å². The first kappa shape index (κ1) is 21.2. The summed E-state index contributed by atoms with van der Waals surface area (Å²) in [5, 5.41) is 1.88. The second-order valence-corrected chi connectivity index (χ2v) is 9.79. The first-order valence-electron chi connectivity index (χ1n) is 10.7. The minimum atomic E-state index is -3.62. The first-order chi connectivity index (χ1) is 16.0. The molecule has 0 saturated carbocycles. The maximum Gasteiger partial charge on any atom is 0.246 e. The van der Waals surface area contributed by atoms with Crippen LogP contribution in [-0.2, 0) is 14.8 Å². The molecule has 0 atom stereocenters. The highest BCUT2D eigenvalue weighted by Crippen LogP contribution is 2.23. The molecule has 1 aliphatic heterocycles. The smallest absolute Gasteiger partial charge is 0.246 e. The van der Waals surface area contributed by atoms with E-state index in [-0.39, 0.29) is 23.9 Å². The van der Waals surface area contributed by atoms with E-state index in [1.165, 1.54) is 10.4 Å². The zero-order valence-electron chi connectivity index (χ0n) is 17.8. The highest BCUT2D eigenvalue weighted by molar-refractivity contribution is 7.89. The summed E-state index contributed by atoms with van der Waals surface area (Å²) < 4.78 is 27.7. The number of nitrogens with zero attached hydrogens (tertiary/aromatic N) is 4. The monoisotopic (exact) mass is 458 g/mol. The van der Waals surface area contributed by atoms with E-state index in [0.717, 1.165) is 21.8 Å². The van der Waals surface area contributed by atoms with Crippen LogP contribution in [-0.4, -0.2) is 59.7 Å². The van der Waals surface area contributed by atoms with Gasteiger partial charge < -0.3 is 4.90 Å². The number of piperazine rings is 1. The third-order valence-electron chi connectivity index (χ3n) is 5.77. The number of rotatable bonds is 4. The van der Waals surface area contributed by atoms with Crippen LogP contribution in [0.25, 0.3) is 27.9 Å². The Balaban J connectivity index is 1.24. The van der Waals surface area contributed by atoms with Crippen LogP contribution in [0.4, 0.5) is 0 Å². The summed E-state index contributed by atoms with van der Waals surface area (Å²) >= 11 is 0. The van der Waals surface area contributed by atoms with Gasteiger partial charge in [-0.3, -0.25) is 9.78 Å². The van der Waals surface area contributed by atoms with Crippen molar-refractivity contribution in [3.63, 3.8) is 0 Å². The Labute approximate surface area is 192 Å². The number of aromatic nitrogens is 2. The number of amides is 1. The van der Waals surface area contributed by atoms with E-state index in [2.05, 4.69) is 9.97 Å². The Hall–Kier alpha value is -3.62. The Kier molecular flexibility index (Phi) is 5.62. The fourth-order valence-corrected chi connectivity index (χ4v) is 5.40. The predicted molar refractivity (Wildman–Crippen MR) is 128 cm³/mol. The van der Waals surface area contributed by atoms with Crippen molar-refractivity contribution in [3.8, 4) is 0 Å². The molecule has 4 aromatic rings. The molecule has 2 heterocycles. The fourth-order valence-electron chi connectivity index (χ4n) is 3.94. The molecular weight excluding hydrogens is 436 g/mol. The number of benzene rings is 3. The molecule has 1 amide bonds. The van der Waals surface area contributed by atoms with Crippen LogP contribution in [0.1, 0.15) is 5.69 Å². The number of carbonyl (C=O) groups excluding carboxylic acids is 1. The van der Waals surface area contributed by atoms with E-state index < -0.39 is 10.0 Å². The molecule has 1 saturated heterocycles. The van der Waals surface area contributed by atoms with Gasteiger partial charge in [-0.2, -0.15) is 4.31 Å². The van der Waals surface area contributed by atoms with Gasteiger partial charge in [-0.15, -0.1) is 0 Å². The Bertz CT molecular complexity index is 1480. The standard InChI is InChI=1S/C25H22N4O3S/c30-25(12-10-21-18-26-23-7-3-4-8-24(23)27-21)28-13-15-29(16-14-28)33(31,32)22-11-9-19-5-1-2-6-20(19)17-22/h1-12,17-18H,13-16H2/b12-10+. The van der Waals surface area contributed by atoms with Gasteiger partial charge in [-0.1, -0.05) is 42.5 Å². The molecule has 0 spiro atoms. The quantitative estimate of drug-likeness (QED) is 0.438. The molecule has 0 bridgehead atoms. The van der Waals surface area contributed by atoms with Crippen molar-refractivity contribution in [1.29, 1.82) is 0 Å². The van der Waals surface area contributed by atoms with Gasteiger partial charge >= 0.3 is 0 Å². The summed E-state index contributed by atoms with van der Waals surface area (Å²) in [6.45, 7) is 1.17. The number of sulfonamides is 1. The van der Waals surface area contributed by atoms with E-state index in [4.69, 9.17) is 0 Å². The van der Waals surface area contributed by atoms with Gasteiger partial charge in [0.2, 0.25) is 15.9 Å². The zero-order valence-corrected chi connectivity index (χ0v) is 18.6. The predicted octanol–water partition coefficient (Wildman–Crippen LogP) is 3.33. The van der Waals surface area contributed by atoms with Crippen LogP contribution in [0.5, 0.6) is 0 Å². The van der Waals surface area contributed by atoms with Gasteiger partial charge in [-0.05, 0) is 41.1 Å². The summed E-state index contributed by atoms with van der Waals surface area (Å²) in [4.78, 5) is 23.4. The van der Waals surface area contributed by atoms with Crippen molar-refractivity contribution >= 4 is 43.8 Å². The summed E-state index contributed by atoms with van der Waals surface area (Å²) in [6, 6.07) is 20.4. The van der Waals surface area contributed by atoms with Gasteiger partial charge in [0.25, 0.3) is 0 Å². The average Bonchev–Trinajstić information content (AvgIpc) is 2.87. The third-order valence-corrected chi connectivity index (χ3v) is 7.67. The molecule has 0 N–H and O–H groups in total. The first-order valence-corrected chi connectivity index (χ1v) is 12.1. The van der Waals surface area contributed by atoms with Crippen LogP contribution in [0.15, 0.2) is 83.9 Å². The fraction of sp³-hybridized carbons (Fsp3) is 0.160. The third kappa shape index (κ3) is 4.35. The maximum absolute atomic E-state index is 13.1. The molecular formula is C25H22N4O3S. The van der Waals surface area contributed by atoms with E-state index in [1.54, 1.807) is 29.3 Å². The lowest BCUT2D eigenvalue weighted by Gasteiger charge is -2.33. The molecule has 3 aromatic carbocycles. The molecule has 1 aliphatic rings. The molecule has 166 valence electrons. The zero-order chi connectivity index (χ0) is 22.8. The molecule has 0 unspecified atom stereocenters. The number of para-hydroxylation sites is 2. The van der Waals surface area contributed by atoms with E-state index in [0.29, 0.717) is 18.8 Å². The number of carbonyl (C=O) groups is 1. The SMILES string of the molecule is O=C(/C=C/c1cnc2ccccc2n1)N1CCN(S(=O)(=O)c2ccc3ccccc3c2)CC1. The van der Waals surface area contributed by atoms with E-state index in [9.17, 15) is 13.2 Å². The Morgan fingerprint density at radius 2 is 1.55 bits per heavy atom. The minimum absolute atomic E-state index is 0.173. The van der Waals surface area contributed by atoms with Gasteiger partial charge in [0.05, 0.1) is 27.8 Å². The van der Waals surface area contributed by atoms with Crippen molar-refractivity contribution in [2.24, 2.45) is 0 Å². The lowest BCUT2D eigenvalue weighted by Crippen LogP contribution is -2.50. The van der Waals surface area contributed by atoms with Crippen LogP contribution >= 0.6 is 0 Å². The lowest BCUT2D eigenvalue weighted by molar-refractivity contribution is -0.127. The number of fused-ring (bicyclic) bond motifs is 2. The number of hydrogen-bond donors (Lipinski definition) is 0. The van der Waals surface area contributed by atoms with Crippen molar-refractivity contribution in [3.05, 3.63) is 84.7 Å². The van der Waals surface area contributed by atoms with Crippen LogP contribution in [0.2, 0.25) is 0 Å². The Morgan fingerprint density at radius 1 is 0.848 bits per heavy atom. The average molecular weight is 459 g/mol. The summed E-state index contributed by atoms with van der Waals surface area (Å²) in [7, 11) is -3.62. The van der Waals surface area contributed by atoms with E-state index in [1.807, 2.05) is 54.6 Å². The highest BCUT2D eigenvalue weighted by Gasteiger charge is 2.29. The van der Waals surface area contributed by atoms with Crippen molar-refractivity contribution in [2.75, 3.05) is 26.2 Å². The molecule has 0 radical (unpaired) electrons. The summed E-state index contributed by atoms with van der Waals surface area (Å²) in [5.41, 5.74) is 2.16. The summed E-state index contributed by atoms with van der Waals surface area (Å²) in [6.07, 6.45) is 4.73. The van der Waals surface area contributed by atoms with Crippen molar-refractivity contribution in [1.82, 2.24) is 19.2 Å². The Morgan fingerprint density at radius 3 is 2.33 bits per heavy atom. The number of hydrogen-bond acceptors (Lipinski definition) is 5. The molecule has 7 nitrogen and oxygen atoms in total. The van der Waals surface area contributed by atoms with Crippen LogP contribution in [0.3, 0.4) is 0 Å². The molecule has 33 heavy (non-hydrogen) atoms. The molecule has 5 rings (SSSR count). The van der Waals surface area contributed by atoms with Crippen LogP contribution < -0.4 is 0 Å². The highest BCUT2D eigenvalue weighted by atomic mass is 32.2. The molecule has 1 fully saturated rings. The molecule has 1 aromatic heterocycles. The van der Waals surface area contributed by atoms with Gasteiger partial charge in [-0.25, -0.2) is 13.4 Å². The lowest BCUT2D eigenvalue weighted by atomic mass is 10.1.